The molecule has 94 valence electrons. The molecule has 0 saturated carbocycles. The fourth-order valence-corrected chi connectivity index (χ4v) is 2.06. The lowest BCUT2D eigenvalue weighted by atomic mass is 10.1. The van der Waals surface area contributed by atoms with Crippen LogP contribution in [-0.4, -0.2) is 15.0 Å². The molecule has 0 radical (unpaired) electrons. The van der Waals surface area contributed by atoms with Gasteiger partial charge >= 0.3 is 0 Å². The highest BCUT2D eigenvalue weighted by Gasteiger charge is 2.04. The standard InChI is InChI=1S/C13H10ClN5/c14-11-6-12(19-13(15)18-11)17-10-3-1-2-8-7-16-5-4-9(8)10/h1-7H,(H3,15,17,18,19). The Hall–Kier alpha value is -2.40. The SMILES string of the molecule is Nc1nc(Cl)cc(Nc2cccc3cnccc23)n1. The zero-order valence-electron chi connectivity index (χ0n) is 9.84. The maximum Gasteiger partial charge on any atom is 0.223 e. The van der Waals surface area contributed by atoms with Crippen molar-refractivity contribution in [3.8, 4) is 0 Å². The number of rotatable bonds is 2. The van der Waals surface area contributed by atoms with Crippen LogP contribution in [0.5, 0.6) is 0 Å². The molecule has 0 amide bonds. The number of halogens is 1. The van der Waals surface area contributed by atoms with Crippen molar-refractivity contribution in [1.82, 2.24) is 15.0 Å². The van der Waals surface area contributed by atoms with Crippen LogP contribution >= 0.6 is 11.6 Å². The van der Waals surface area contributed by atoms with Gasteiger partial charge in [0.05, 0.1) is 0 Å². The first-order valence-electron chi connectivity index (χ1n) is 5.62. The van der Waals surface area contributed by atoms with E-state index in [0.29, 0.717) is 11.0 Å². The minimum absolute atomic E-state index is 0.136. The summed E-state index contributed by atoms with van der Waals surface area (Å²) in [4.78, 5) is 12.0. The molecule has 6 heteroatoms. The van der Waals surface area contributed by atoms with E-state index in [1.807, 2.05) is 30.5 Å². The number of nitrogens with one attached hydrogen (secondary N) is 1. The third kappa shape index (κ3) is 2.41. The summed E-state index contributed by atoms with van der Waals surface area (Å²) in [6.45, 7) is 0. The lowest BCUT2D eigenvalue weighted by molar-refractivity contribution is 1.19. The molecule has 0 aliphatic rings. The molecular formula is C13H10ClN5. The van der Waals surface area contributed by atoms with E-state index in [9.17, 15) is 0 Å². The first-order valence-corrected chi connectivity index (χ1v) is 6.00. The van der Waals surface area contributed by atoms with Crippen LogP contribution in [0.3, 0.4) is 0 Å². The van der Waals surface area contributed by atoms with Gasteiger partial charge in [-0.1, -0.05) is 23.7 Å². The van der Waals surface area contributed by atoms with Crippen LogP contribution in [0, 0.1) is 0 Å². The normalized spacial score (nSPS) is 10.6. The van der Waals surface area contributed by atoms with E-state index in [0.717, 1.165) is 16.5 Å². The van der Waals surface area contributed by atoms with Gasteiger partial charge in [0, 0.05) is 34.9 Å². The fourth-order valence-electron chi connectivity index (χ4n) is 1.87. The van der Waals surface area contributed by atoms with Crippen molar-refractivity contribution >= 4 is 39.8 Å². The van der Waals surface area contributed by atoms with Crippen molar-refractivity contribution < 1.29 is 0 Å². The second-order valence-electron chi connectivity index (χ2n) is 3.96. The monoisotopic (exact) mass is 271 g/mol. The van der Waals surface area contributed by atoms with Gasteiger partial charge in [-0.15, -0.1) is 0 Å². The van der Waals surface area contributed by atoms with Crippen molar-refractivity contribution in [1.29, 1.82) is 0 Å². The number of benzene rings is 1. The number of nitrogens with zero attached hydrogens (tertiary/aromatic N) is 3. The van der Waals surface area contributed by atoms with Crippen molar-refractivity contribution in [2.24, 2.45) is 0 Å². The molecule has 19 heavy (non-hydrogen) atoms. The van der Waals surface area contributed by atoms with Gasteiger partial charge in [0.25, 0.3) is 0 Å². The van der Waals surface area contributed by atoms with Crippen LogP contribution < -0.4 is 11.1 Å². The predicted molar refractivity (Wildman–Crippen MR) is 76.5 cm³/mol. The Bertz CT molecular complexity index is 718. The number of fused-ring (bicyclic) bond motifs is 1. The Morgan fingerprint density at radius 3 is 2.89 bits per heavy atom. The molecule has 0 fully saturated rings. The van der Waals surface area contributed by atoms with Gasteiger partial charge in [-0.2, -0.15) is 4.98 Å². The van der Waals surface area contributed by atoms with Crippen LogP contribution in [0.2, 0.25) is 5.15 Å². The van der Waals surface area contributed by atoms with E-state index in [4.69, 9.17) is 17.3 Å². The highest BCUT2D eigenvalue weighted by atomic mass is 35.5. The molecule has 3 aromatic rings. The largest absolute Gasteiger partial charge is 0.368 e. The van der Waals surface area contributed by atoms with Gasteiger partial charge < -0.3 is 11.1 Å². The average Bonchev–Trinajstić information content (AvgIpc) is 2.38. The van der Waals surface area contributed by atoms with E-state index in [2.05, 4.69) is 20.3 Å². The minimum Gasteiger partial charge on any atom is -0.368 e. The number of anilines is 3. The summed E-state index contributed by atoms with van der Waals surface area (Å²) in [5.41, 5.74) is 6.48. The van der Waals surface area contributed by atoms with Crippen LogP contribution in [0.15, 0.2) is 42.7 Å². The second kappa shape index (κ2) is 4.70. The quantitative estimate of drug-likeness (QED) is 0.701. The smallest absolute Gasteiger partial charge is 0.223 e. The summed E-state index contributed by atoms with van der Waals surface area (Å²) in [7, 11) is 0. The Kier molecular flexibility index (Phi) is 2.89. The summed E-state index contributed by atoms with van der Waals surface area (Å²) in [6, 6.07) is 9.45. The maximum atomic E-state index is 5.85. The topological polar surface area (TPSA) is 76.7 Å². The molecule has 3 N–H and O–H groups in total. The maximum absolute atomic E-state index is 5.85. The van der Waals surface area contributed by atoms with Crippen LogP contribution in [0.4, 0.5) is 17.5 Å². The zero-order chi connectivity index (χ0) is 13.2. The Balaban J connectivity index is 2.05. The second-order valence-corrected chi connectivity index (χ2v) is 4.35. The van der Waals surface area contributed by atoms with E-state index < -0.39 is 0 Å². The van der Waals surface area contributed by atoms with Crippen LogP contribution in [0.25, 0.3) is 10.8 Å². The Labute approximate surface area is 114 Å². The van der Waals surface area contributed by atoms with Crippen molar-refractivity contribution in [3.05, 3.63) is 47.9 Å². The molecule has 0 spiro atoms. The number of nitrogens with two attached hydrogens (primary N) is 1. The number of hydrogen-bond acceptors (Lipinski definition) is 5. The molecule has 3 rings (SSSR count). The first-order chi connectivity index (χ1) is 9.22. The molecule has 2 aromatic heterocycles. The summed E-state index contributed by atoms with van der Waals surface area (Å²) in [6.07, 6.45) is 3.55. The van der Waals surface area contributed by atoms with Crippen LogP contribution in [-0.2, 0) is 0 Å². The highest BCUT2D eigenvalue weighted by Crippen LogP contribution is 2.25. The minimum atomic E-state index is 0.136. The van der Waals surface area contributed by atoms with E-state index >= 15 is 0 Å². The third-order valence-electron chi connectivity index (χ3n) is 2.66. The molecule has 0 saturated heterocycles. The molecule has 5 nitrogen and oxygen atoms in total. The molecule has 0 bridgehead atoms. The molecule has 0 aliphatic carbocycles. The fraction of sp³-hybridized carbons (Fsp3) is 0. The average molecular weight is 272 g/mol. The van der Waals surface area contributed by atoms with Gasteiger partial charge in [0.15, 0.2) is 0 Å². The van der Waals surface area contributed by atoms with E-state index in [-0.39, 0.29) is 5.95 Å². The lowest BCUT2D eigenvalue weighted by Gasteiger charge is -2.09. The molecule has 0 aliphatic heterocycles. The molecule has 0 atom stereocenters. The summed E-state index contributed by atoms with van der Waals surface area (Å²) in [5, 5.41) is 5.58. The van der Waals surface area contributed by atoms with E-state index in [1.165, 1.54) is 0 Å². The Morgan fingerprint density at radius 2 is 2.05 bits per heavy atom. The van der Waals surface area contributed by atoms with Gasteiger partial charge in [-0.05, 0) is 12.1 Å². The molecular weight excluding hydrogens is 262 g/mol. The van der Waals surface area contributed by atoms with Crippen molar-refractivity contribution in [2.45, 2.75) is 0 Å². The summed E-state index contributed by atoms with van der Waals surface area (Å²) < 4.78 is 0. The predicted octanol–water partition coefficient (Wildman–Crippen LogP) is 3.00. The van der Waals surface area contributed by atoms with Crippen LogP contribution in [0.1, 0.15) is 0 Å². The molecule has 0 unspecified atom stereocenters. The van der Waals surface area contributed by atoms with Gasteiger partial charge in [0.1, 0.15) is 11.0 Å². The number of nitrogen functional groups attached to an aromatic ring is 1. The molecule has 1 aromatic carbocycles. The van der Waals surface area contributed by atoms with Gasteiger partial charge in [-0.3, -0.25) is 4.98 Å². The van der Waals surface area contributed by atoms with Crippen molar-refractivity contribution in [2.75, 3.05) is 11.1 Å². The number of pyridine rings is 1. The number of aromatic nitrogens is 3. The third-order valence-corrected chi connectivity index (χ3v) is 2.85. The highest BCUT2D eigenvalue weighted by molar-refractivity contribution is 6.29. The van der Waals surface area contributed by atoms with Gasteiger partial charge in [-0.25, -0.2) is 4.98 Å². The lowest BCUT2D eigenvalue weighted by Crippen LogP contribution is -2.00. The Morgan fingerprint density at radius 1 is 1.16 bits per heavy atom. The zero-order valence-corrected chi connectivity index (χ0v) is 10.6. The van der Waals surface area contributed by atoms with Gasteiger partial charge in [0.2, 0.25) is 5.95 Å². The summed E-state index contributed by atoms with van der Waals surface area (Å²) >= 11 is 5.85. The summed E-state index contributed by atoms with van der Waals surface area (Å²) in [5.74, 6) is 0.693. The molecule has 2 heterocycles. The first kappa shape index (κ1) is 11.7. The van der Waals surface area contributed by atoms with E-state index in [1.54, 1.807) is 12.3 Å². The van der Waals surface area contributed by atoms with Crippen molar-refractivity contribution in [3.63, 3.8) is 0 Å². The number of hydrogen-bond donors (Lipinski definition) is 2.